The van der Waals surface area contributed by atoms with Crippen molar-refractivity contribution in [2.24, 2.45) is 10.8 Å². The van der Waals surface area contributed by atoms with E-state index in [1.165, 1.54) is 25.7 Å². The van der Waals surface area contributed by atoms with Gasteiger partial charge in [0.15, 0.2) is 0 Å². The summed E-state index contributed by atoms with van der Waals surface area (Å²) in [6, 6.07) is 0. The lowest BCUT2D eigenvalue weighted by Gasteiger charge is -2.00. The first kappa shape index (κ1) is 14.9. The molecule has 0 saturated carbocycles. The number of hydrogen-bond donors (Lipinski definition) is 1. The van der Waals surface area contributed by atoms with Gasteiger partial charge < -0.3 is 5.73 Å². The molecule has 0 aromatic carbocycles. The number of nitrogens with zero attached hydrogens (tertiary/aromatic N) is 3. The molecule has 0 atom stereocenters. The summed E-state index contributed by atoms with van der Waals surface area (Å²) in [5, 5.41) is 3.02. The molecule has 0 aliphatic heterocycles. The molecular weight excluding hydrogens is 204 g/mol. The summed E-state index contributed by atoms with van der Waals surface area (Å²) >= 11 is 0. The molecule has 0 heterocycles. The van der Waals surface area contributed by atoms with Crippen LogP contribution in [0.5, 0.6) is 0 Å². The summed E-state index contributed by atoms with van der Waals surface area (Å²) in [4.78, 5) is 13.3. The first-order valence-electron chi connectivity index (χ1n) is 6.09. The van der Waals surface area contributed by atoms with Gasteiger partial charge in [0.05, 0.1) is 0 Å². The number of amides is 1. The van der Waals surface area contributed by atoms with Crippen molar-refractivity contribution in [1.82, 2.24) is 0 Å². The van der Waals surface area contributed by atoms with Gasteiger partial charge in [-0.25, -0.2) is 0 Å². The largest absolute Gasteiger partial charge is 0.330 e. The van der Waals surface area contributed by atoms with Gasteiger partial charge in [0.1, 0.15) is 0 Å². The van der Waals surface area contributed by atoms with Crippen LogP contribution in [0.15, 0.2) is 5.11 Å². The van der Waals surface area contributed by atoms with Gasteiger partial charge in [-0.05, 0) is 30.0 Å². The predicted molar refractivity (Wildman–Crippen MR) is 64.8 cm³/mol. The lowest BCUT2D eigenvalue weighted by molar-refractivity contribution is -0.118. The quantitative estimate of drug-likeness (QED) is 0.268. The molecule has 0 fully saturated rings. The molecule has 0 rings (SSSR count). The molecule has 0 unspecified atom stereocenters. The maximum atomic E-state index is 10.8. The van der Waals surface area contributed by atoms with Crippen molar-refractivity contribution in [3.63, 3.8) is 0 Å². The van der Waals surface area contributed by atoms with E-state index in [9.17, 15) is 4.79 Å². The molecule has 0 saturated heterocycles. The van der Waals surface area contributed by atoms with Gasteiger partial charge in [-0.1, -0.05) is 38.5 Å². The molecule has 0 radical (unpaired) electrons. The lowest BCUT2D eigenvalue weighted by atomic mass is 10.1. The number of nitrogens with two attached hydrogens (primary N) is 1. The van der Waals surface area contributed by atoms with Crippen LogP contribution in [-0.2, 0) is 4.79 Å². The molecule has 16 heavy (non-hydrogen) atoms. The first-order valence-corrected chi connectivity index (χ1v) is 6.09. The van der Waals surface area contributed by atoms with Gasteiger partial charge in [-0.15, -0.1) is 0 Å². The highest BCUT2D eigenvalue weighted by Gasteiger charge is 1.97. The van der Waals surface area contributed by atoms with Crippen LogP contribution in [0.4, 0.5) is 0 Å². The molecule has 92 valence electrons. The highest BCUT2D eigenvalue weighted by Crippen LogP contribution is 2.09. The number of rotatable bonds is 10. The number of carbonyl (C=O) groups is 1. The van der Waals surface area contributed by atoms with Crippen LogP contribution in [0.2, 0.25) is 0 Å². The minimum Gasteiger partial charge on any atom is -0.330 e. The van der Waals surface area contributed by atoms with E-state index in [1.807, 2.05) is 0 Å². The van der Waals surface area contributed by atoms with Gasteiger partial charge in [0.25, 0.3) is 0 Å². The van der Waals surface area contributed by atoms with Crippen molar-refractivity contribution in [1.29, 1.82) is 0 Å². The summed E-state index contributed by atoms with van der Waals surface area (Å²) in [6.07, 6.45) is 9.51. The number of hydrogen-bond acceptors (Lipinski definition) is 2. The predicted octanol–water partition coefficient (Wildman–Crippen LogP) is 3.29. The van der Waals surface area contributed by atoms with E-state index in [0.29, 0.717) is 6.42 Å². The average Bonchev–Trinajstić information content (AvgIpc) is 2.27. The molecule has 0 aromatic heterocycles. The van der Waals surface area contributed by atoms with Crippen LogP contribution in [0.25, 0.3) is 10.4 Å². The second kappa shape index (κ2) is 12.0. The van der Waals surface area contributed by atoms with Crippen molar-refractivity contribution in [2.75, 3.05) is 6.54 Å². The summed E-state index contributed by atoms with van der Waals surface area (Å²) < 4.78 is 0. The molecule has 0 aliphatic rings. The normalized spacial score (nSPS) is 9.81. The molecule has 0 aliphatic carbocycles. The van der Waals surface area contributed by atoms with Crippen molar-refractivity contribution in [3.8, 4) is 0 Å². The van der Waals surface area contributed by atoms with Crippen molar-refractivity contribution in [2.45, 2.75) is 57.8 Å². The molecule has 5 nitrogen and oxygen atoms in total. The van der Waals surface area contributed by atoms with E-state index in [1.54, 1.807) is 0 Å². The zero-order valence-electron chi connectivity index (χ0n) is 9.90. The van der Waals surface area contributed by atoms with Crippen LogP contribution in [0.3, 0.4) is 0 Å². The van der Waals surface area contributed by atoms with Gasteiger partial charge in [0.2, 0.25) is 5.91 Å². The Kier molecular flexibility index (Phi) is 11.2. The second-order valence-electron chi connectivity index (χ2n) is 3.95. The smallest absolute Gasteiger partial charge is 0.218 e. The average molecular weight is 226 g/mol. The number of carbonyl (C=O) groups excluding carboxylic acids is 1. The Morgan fingerprint density at radius 1 is 1.00 bits per heavy atom. The summed E-state index contributed by atoms with van der Waals surface area (Å²) in [6.45, 7) is 0.793. The van der Waals surface area contributed by atoms with Gasteiger partial charge in [-0.3, -0.25) is 4.79 Å². The van der Waals surface area contributed by atoms with Crippen LogP contribution < -0.4 is 5.73 Å². The molecule has 0 spiro atoms. The van der Waals surface area contributed by atoms with Gasteiger partial charge in [0, 0.05) is 11.3 Å². The Bertz CT molecular complexity index is 224. The zero-order chi connectivity index (χ0) is 12.1. The molecule has 1 amide bonds. The van der Waals surface area contributed by atoms with Crippen LogP contribution in [0.1, 0.15) is 57.8 Å². The second-order valence-corrected chi connectivity index (χ2v) is 3.95. The maximum absolute atomic E-state index is 10.8. The Balaban J connectivity index is 3.09. The molecule has 0 aromatic rings. The van der Waals surface area contributed by atoms with E-state index in [0.717, 1.165) is 32.2 Å². The van der Waals surface area contributed by atoms with Crippen molar-refractivity contribution >= 4 is 5.91 Å². The van der Waals surface area contributed by atoms with Crippen LogP contribution >= 0.6 is 0 Å². The van der Waals surface area contributed by atoms with E-state index in [4.69, 9.17) is 11.3 Å². The molecular formula is C11H22N4O. The topological polar surface area (TPSA) is 91.9 Å². The fraction of sp³-hybridized carbons (Fsp3) is 0.909. The molecule has 2 N–H and O–H groups in total. The van der Waals surface area contributed by atoms with E-state index >= 15 is 0 Å². The molecule has 5 heteroatoms. The first-order chi connectivity index (χ1) is 7.81. The minimum absolute atomic E-state index is 0.342. The fourth-order valence-corrected chi connectivity index (χ4v) is 1.58. The third-order valence-electron chi connectivity index (χ3n) is 2.50. The zero-order valence-corrected chi connectivity index (χ0v) is 9.90. The molecule has 0 bridgehead atoms. The van der Waals surface area contributed by atoms with Crippen molar-refractivity contribution < 1.29 is 4.79 Å². The monoisotopic (exact) mass is 226 g/mol. The lowest BCUT2D eigenvalue weighted by Crippen LogP contribution is -1.97. The van der Waals surface area contributed by atoms with E-state index in [2.05, 4.69) is 10.0 Å². The summed E-state index contributed by atoms with van der Waals surface area (Å²) in [5.41, 5.74) is 13.4. The maximum Gasteiger partial charge on any atom is 0.218 e. The highest BCUT2D eigenvalue weighted by atomic mass is 16.1. The summed E-state index contributed by atoms with van der Waals surface area (Å²) in [5.74, 6) is -0.342. The number of unbranched alkanes of at least 4 members (excludes halogenated alkanes) is 7. The van der Waals surface area contributed by atoms with Crippen molar-refractivity contribution in [3.05, 3.63) is 10.4 Å². The van der Waals surface area contributed by atoms with Crippen LogP contribution in [-0.4, -0.2) is 12.5 Å². The van der Waals surface area contributed by atoms with E-state index in [-0.39, 0.29) is 5.91 Å². The third kappa shape index (κ3) is 11.0. The van der Waals surface area contributed by atoms with Gasteiger partial charge in [-0.2, -0.15) is 0 Å². The minimum atomic E-state index is -0.342. The number of azide groups is 1. The van der Waals surface area contributed by atoms with Crippen LogP contribution in [0, 0.1) is 0 Å². The Hall–Kier alpha value is -1.06. The van der Waals surface area contributed by atoms with E-state index < -0.39 is 0 Å². The van der Waals surface area contributed by atoms with Gasteiger partial charge >= 0.3 is 0 Å². The Morgan fingerprint density at radius 2 is 1.50 bits per heavy atom. The Labute approximate surface area is 97.0 Å². The third-order valence-corrected chi connectivity index (χ3v) is 2.50. The SMILES string of the molecule is [N-]=[N+]=NC(=O)CCCCCCCCCCN. The summed E-state index contributed by atoms with van der Waals surface area (Å²) in [7, 11) is 0. The standard InChI is InChI=1S/C11H22N4O/c12-10-8-6-4-2-1-3-5-7-9-11(16)14-15-13/h1-10,12H2. The fourth-order valence-electron chi connectivity index (χ4n) is 1.58. The highest BCUT2D eigenvalue weighted by molar-refractivity contribution is 5.76. The Morgan fingerprint density at radius 3 is 2.00 bits per heavy atom.